The zero-order valence-corrected chi connectivity index (χ0v) is 17.0. The minimum absolute atomic E-state index is 0.000184. The van der Waals surface area contributed by atoms with E-state index < -0.39 is 28.7 Å². The molecule has 0 spiro atoms. The normalized spacial score (nSPS) is 18.8. The van der Waals surface area contributed by atoms with Crippen LogP contribution in [0.2, 0.25) is 0 Å². The average Bonchev–Trinajstić information content (AvgIpc) is 2.64. The fourth-order valence-corrected chi connectivity index (χ4v) is 5.03. The maximum Gasteiger partial charge on any atom is 0.406 e. The second kappa shape index (κ2) is 9.26. The molecule has 1 saturated heterocycles. The number of alkyl halides is 3. The van der Waals surface area contributed by atoms with Crippen molar-refractivity contribution >= 4 is 15.9 Å². The number of benzene rings is 1. The summed E-state index contributed by atoms with van der Waals surface area (Å²) in [5.41, 5.74) is 0.0472. The summed E-state index contributed by atoms with van der Waals surface area (Å²) in [4.78, 5) is 13.3. The molecule has 1 aliphatic rings. The van der Waals surface area contributed by atoms with Crippen LogP contribution in [0.1, 0.15) is 56.3 Å². The summed E-state index contributed by atoms with van der Waals surface area (Å²) in [7, 11) is -3.69. The Bertz CT molecular complexity index is 764. The number of hydrogen-bond acceptors (Lipinski definition) is 3. The van der Waals surface area contributed by atoms with Crippen LogP contribution >= 0.6 is 0 Å². The number of piperidine rings is 1. The van der Waals surface area contributed by atoms with Crippen molar-refractivity contribution in [3.8, 4) is 0 Å². The first kappa shape index (κ1) is 22.7. The van der Waals surface area contributed by atoms with Crippen LogP contribution in [0.25, 0.3) is 0 Å². The monoisotopic (exact) mass is 420 g/mol. The van der Waals surface area contributed by atoms with E-state index in [9.17, 15) is 26.4 Å². The molecule has 1 fully saturated rings. The van der Waals surface area contributed by atoms with Gasteiger partial charge in [0.25, 0.3) is 5.91 Å². The van der Waals surface area contributed by atoms with Crippen molar-refractivity contribution in [1.29, 1.82) is 0 Å². The lowest BCUT2D eigenvalue weighted by Gasteiger charge is -2.32. The highest BCUT2D eigenvalue weighted by atomic mass is 32.2. The quantitative estimate of drug-likeness (QED) is 0.669. The molecule has 28 heavy (non-hydrogen) atoms. The third kappa shape index (κ3) is 5.70. The summed E-state index contributed by atoms with van der Waals surface area (Å²) in [6.07, 6.45) is -0.803. The summed E-state index contributed by atoms with van der Waals surface area (Å²) in [6, 6.07) is 5.08. The van der Waals surface area contributed by atoms with Crippen LogP contribution in [-0.4, -0.2) is 55.4 Å². The summed E-state index contributed by atoms with van der Waals surface area (Å²) >= 11 is 0. The Labute approximate surface area is 164 Å². The van der Waals surface area contributed by atoms with Crippen LogP contribution in [-0.2, 0) is 10.0 Å². The summed E-state index contributed by atoms with van der Waals surface area (Å²) in [6.45, 7) is 2.81. The topological polar surface area (TPSA) is 57.7 Å². The van der Waals surface area contributed by atoms with E-state index >= 15 is 0 Å². The largest absolute Gasteiger partial charge is 0.406 e. The first-order valence-electron chi connectivity index (χ1n) is 9.54. The lowest BCUT2D eigenvalue weighted by Crippen LogP contribution is -2.42. The SMILES string of the molecule is CCCCN(CC(F)(F)F)C(=O)c1ccc(S(=O)(=O)N2CCCCC2C)cc1. The van der Waals surface area contributed by atoms with E-state index in [4.69, 9.17) is 0 Å². The molecule has 1 aromatic carbocycles. The number of unbranched alkanes of at least 4 members (excludes halogenated alkanes) is 1. The summed E-state index contributed by atoms with van der Waals surface area (Å²) in [5, 5.41) is 0. The molecule has 1 unspecified atom stereocenters. The molecule has 1 aliphatic heterocycles. The Kier molecular flexibility index (Phi) is 7.50. The standard InChI is InChI=1S/C19H27F3N2O3S/c1-3-4-12-23(14-19(20,21)22)18(25)16-8-10-17(11-9-16)28(26,27)24-13-6-5-7-15(24)2/h8-11,15H,3-7,12-14H2,1-2H3. The van der Waals surface area contributed by atoms with Crippen molar-refractivity contribution in [3.63, 3.8) is 0 Å². The van der Waals surface area contributed by atoms with Gasteiger partial charge in [0.2, 0.25) is 10.0 Å². The number of hydrogen-bond donors (Lipinski definition) is 0. The highest BCUT2D eigenvalue weighted by molar-refractivity contribution is 7.89. The van der Waals surface area contributed by atoms with Crippen LogP contribution in [0.5, 0.6) is 0 Å². The molecular formula is C19H27F3N2O3S. The average molecular weight is 420 g/mol. The molecule has 1 heterocycles. The Morgan fingerprint density at radius 3 is 2.39 bits per heavy atom. The summed E-state index contributed by atoms with van der Waals surface area (Å²) < 4.78 is 65.5. The van der Waals surface area contributed by atoms with E-state index in [0.29, 0.717) is 19.4 Å². The van der Waals surface area contributed by atoms with Gasteiger partial charge in [-0.2, -0.15) is 17.5 Å². The number of sulfonamides is 1. The van der Waals surface area contributed by atoms with Gasteiger partial charge in [-0.25, -0.2) is 8.42 Å². The first-order valence-corrected chi connectivity index (χ1v) is 11.0. The van der Waals surface area contributed by atoms with Crippen molar-refractivity contribution in [2.24, 2.45) is 0 Å². The Morgan fingerprint density at radius 1 is 1.21 bits per heavy atom. The molecule has 1 amide bonds. The first-order chi connectivity index (χ1) is 13.1. The van der Waals surface area contributed by atoms with Crippen LogP contribution < -0.4 is 0 Å². The number of rotatable bonds is 7. The van der Waals surface area contributed by atoms with Gasteiger partial charge in [-0.15, -0.1) is 0 Å². The maximum absolute atomic E-state index is 12.8. The lowest BCUT2D eigenvalue weighted by molar-refractivity contribution is -0.140. The molecule has 158 valence electrons. The fourth-order valence-electron chi connectivity index (χ4n) is 3.33. The van der Waals surface area contributed by atoms with E-state index in [1.54, 1.807) is 0 Å². The number of amides is 1. The molecule has 0 bridgehead atoms. The third-order valence-corrected chi connectivity index (χ3v) is 6.92. The van der Waals surface area contributed by atoms with E-state index in [1.807, 2.05) is 13.8 Å². The highest BCUT2D eigenvalue weighted by Gasteiger charge is 2.34. The molecule has 5 nitrogen and oxygen atoms in total. The van der Waals surface area contributed by atoms with Crippen LogP contribution in [0, 0.1) is 0 Å². The number of halogens is 3. The Morgan fingerprint density at radius 2 is 1.86 bits per heavy atom. The lowest BCUT2D eigenvalue weighted by atomic mass is 10.1. The smallest absolute Gasteiger partial charge is 0.330 e. The molecule has 0 radical (unpaired) electrons. The number of nitrogens with zero attached hydrogens (tertiary/aromatic N) is 2. The van der Waals surface area contributed by atoms with Crippen molar-refractivity contribution < 1.29 is 26.4 Å². The van der Waals surface area contributed by atoms with Gasteiger partial charge in [0.15, 0.2) is 0 Å². The van der Waals surface area contributed by atoms with Crippen molar-refractivity contribution in [2.45, 2.75) is 63.1 Å². The predicted octanol–water partition coefficient (Wildman–Crippen LogP) is 4.05. The zero-order chi connectivity index (χ0) is 20.9. The van der Waals surface area contributed by atoms with Gasteiger partial charge in [-0.3, -0.25) is 4.79 Å². The molecule has 2 rings (SSSR count). The van der Waals surface area contributed by atoms with Crippen LogP contribution in [0.15, 0.2) is 29.2 Å². The third-order valence-electron chi connectivity index (χ3n) is 4.89. The molecule has 9 heteroatoms. The van der Waals surface area contributed by atoms with Gasteiger partial charge in [-0.1, -0.05) is 19.8 Å². The van der Waals surface area contributed by atoms with Crippen molar-refractivity contribution in [2.75, 3.05) is 19.6 Å². The van der Waals surface area contributed by atoms with Gasteiger partial charge >= 0.3 is 6.18 Å². The van der Waals surface area contributed by atoms with E-state index in [1.165, 1.54) is 28.6 Å². The van der Waals surface area contributed by atoms with Gasteiger partial charge < -0.3 is 4.90 Å². The van der Waals surface area contributed by atoms with Crippen LogP contribution in [0.4, 0.5) is 13.2 Å². The minimum atomic E-state index is -4.49. The molecule has 0 saturated carbocycles. The Hall–Kier alpha value is -1.61. The molecule has 1 atom stereocenters. The molecular weight excluding hydrogens is 393 g/mol. The van der Waals surface area contributed by atoms with Crippen molar-refractivity contribution in [3.05, 3.63) is 29.8 Å². The van der Waals surface area contributed by atoms with E-state index in [-0.39, 0.29) is 23.0 Å². The fraction of sp³-hybridized carbons (Fsp3) is 0.632. The second-order valence-corrected chi connectivity index (χ2v) is 9.07. The zero-order valence-electron chi connectivity index (χ0n) is 16.2. The maximum atomic E-state index is 12.8. The molecule has 0 aliphatic carbocycles. The van der Waals surface area contributed by atoms with Gasteiger partial charge in [0.05, 0.1) is 4.90 Å². The molecule has 1 aromatic rings. The predicted molar refractivity (Wildman–Crippen MR) is 101 cm³/mol. The van der Waals surface area contributed by atoms with Crippen molar-refractivity contribution in [1.82, 2.24) is 9.21 Å². The molecule has 0 aromatic heterocycles. The molecule has 0 N–H and O–H groups in total. The van der Waals surface area contributed by atoms with E-state index in [0.717, 1.165) is 24.2 Å². The minimum Gasteiger partial charge on any atom is -0.330 e. The van der Waals surface area contributed by atoms with Crippen LogP contribution in [0.3, 0.4) is 0 Å². The number of carbonyl (C=O) groups is 1. The van der Waals surface area contributed by atoms with Gasteiger partial charge in [-0.05, 0) is 50.5 Å². The number of carbonyl (C=O) groups excluding carboxylic acids is 1. The van der Waals surface area contributed by atoms with Gasteiger partial charge in [0.1, 0.15) is 6.54 Å². The second-order valence-electron chi connectivity index (χ2n) is 7.18. The van der Waals surface area contributed by atoms with Gasteiger partial charge in [0, 0.05) is 24.7 Å². The summed E-state index contributed by atoms with van der Waals surface area (Å²) in [5.74, 6) is -0.749. The Balaban J connectivity index is 2.20. The van der Waals surface area contributed by atoms with E-state index in [2.05, 4.69) is 0 Å². The highest BCUT2D eigenvalue weighted by Crippen LogP contribution is 2.26.